The molecular weight excluding hydrogens is 260 g/mol. The summed E-state index contributed by atoms with van der Waals surface area (Å²) in [5, 5.41) is 10.8. The van der Waals surface area contributed by atoms with E-state index in [1.165, 1.54) is 19.2 Å². The fraction of sp³-hybridized carbons (Fsp3) is 0.286. The van der Waals surface area contributed by atoms with Crippen LogP contribution in [0.15, 0.2) is 34.7 Å². The van der Waals surface area contributed by atoms with Gasteiger partial charge in [0.2, 0.25) is 0 Å². The van der Waals surface area contributed by atoms with Crippen molar-refractivity contribution in [3.8, 4) is 17.1 Å². The van der Waals surface area contributed by atoms with Crippen LogP contribution in [0.5, 0.6) is 5.75 Å². The summed E-state index contributed by atoms with van der Waals surface area (Å²) in [7, 11) is 1.47. The Morgan fingerprint density at radius 2 is 2.15 bits per heavy atom. The van der Waals surface area contributed by atoms with Gasteiger partial charge in [0.05, 0.1) is 23.7 Å². The summed E-state index contributed by atoms with van der Waals surface area (Å²) in [4.78, 5) is 10.3. The number of nitro groups is 1. The first-order valence-corrected chi connectivity index (χ1v) is 6.27. The first-order valence-electron chi connectivity index (χ1n) is 6.27. The van der Waals surface area contributed by atoms with Crippen LogP contribution in [-0.4, -0.2) is 18.6 Å². The number of ether oxygens (including phenoxy) is 1. The number of methoxy groups -OCH3 is 1. The van der Waals surface area contributed by atoms with E-state index in [0.29, 0.717) is 23.6 Å². The van der Waals surface area contributed by atoms with Gasteiger partial charge in [0.1, 0.15) is 17.3 Å². The molecule has 0 unspecified atom stereocenters. The highest BCUT2D eigenvalue weighted by Crippen LogP contribution is 2.34. The van der Waals surface area contributed by atoms with Crippen molar-refractivity contribution in [3.63, 3.8) is 0 Å². The number of aryl methyl sites for hydroxylation is 1. The van der Waals surface area contributed by atoms with Crippen LogP contribution in [0.2, 0.25) is 0 Å². The molecule has 1 aromatic carbocycles. The summed E-state index contributed by atoms with van der Waals surface area (Å²) in [6.07, 6.45) is 1.62. The molecule has 1 heterocycles. The molecule has 6 nitrogen and oxygen atoms in total. The molecule has 0 spiro atoms. The Hall–Kier alpha value is -2.34. The predicted octanol–water partition coefficient (Wildman–Crippen LogP) is 2.75. The van der Waals surface area contributed by atoms with E-state index in [-0.39, 0.29) is 5.69 Å². The van der Waals surface area contributed by atoms with Crippen LogP contribution >= 0.6 is 0 Å². The normalized spacial score (nSPS) is 10.5. The van der Waals surface area contributed by atoms with E-state index in [1.807, 2.05) is 12.1 Å². The van der Waals surface area contributed by atoms with Crippen molar-refractivity contribution < 1.29 is 14.1 Å². The van der Waals surface area contributed by atoms with Gasteiger partial charge in [-0.2, -0.15) is 0 Å². The lowest BCUT2D eigenvalue weighted by Crippen LogP contribution is -1.99. The zero-order chi connectivity index (χ0) is 14.5. The highest BCUT2D eigenvalue weighted by atomic mass is 16.6. The molecule has 0 fully saturated rings. The topological polar surface area (TPSA) is 91.5 Å². The van der Waals surface area contributed by atoms with Gasteiger partial charge in [-0.1, -0.05) is 0 Å². The fourth-order valence-electron chi connectivity index (χ4n) is 1.93. The molecular formula is C14H16N2O4. The van der Waals surface area contributed by atoms with Crippen LogP contribution in [0.3, 0.4) is 0 Å². The molecule has 0 amide bonds. The standard InChI is InChI=1S/C14H16N2O4/c1-19-14-9-10(16(17)18)4-6-12(14)13-7-5-11(20-13)3-2-8-15/h4-7,9H,2-3,8,15H2,1H3. The van der Waals surface area contributed by atoms with Crippen molar-refractivity contribution in [3.05, 3.63) is 46.2 Å². The Labute approximate surface area is 116 Å². The van der Waals surface area contributed by atoms with E-state index < -0.39 is 4.92 Å². The minimum atomic E-state index is -0.457. The number of nitrogens with zero attached hydrogens (tertiary/aromatic N) is 1. The van der Waals surface area contributed by atoms with Gasteiger partial charge < -0.3 is 14.9 Å². The summed E-state index contributed by atoms with van der Waals surface area (Å²) >= 11 is 0. The summed E-state index contributed by atoms with van der Waals surface area (Å²) < 4.78 is 10.9. The third kappa shape index (κ3) is 2.97. The molecule has 6 heteroatoms. The van der Waals surface area contributed by atoms with Crippen LogP contribution in [0.4, 0.5) is 5.69 Å². The SMILES string of the molecule is COc1cc([N+](=O)[O-])ccc1-c1ccc(CCCN)o1. The highest BCUT2D eigenvalue weighted by molar-refractivity contribution is 5.68. The van der Waals surface area contributed by atoms with Gasteiger partial charge in [0.25, 0.3) is 5.69 Å². The number of furan rings is 1. The zero-order valence-corrected chi connectivity index (χ0v) is 11.2. The van der Waals surface area contributed by atoms with Gasteiger partial charge >= 0.3 is 0 Å². The number of hydrogen-bond acceptors (Lipinski definition) is 5. The van der Waals surface area contributed by atoms with E-state index in [9.17, 15) is 10.1 Å². The molecule has 2 N–H and O–H groups in total. The highest BCUT2D eigenvalue weighted by Gasteiger charge is 2.15. The van der Waals surface area contributed by atoms with Crippen molar-refractivity contribution >= 4 is 5.69 Å². The molecule has 0 radical (unpaired) electrons. The molecule has 0 saturated heterocycles. The third-order valence-corrected chi connectivity index (χ3v) is 2.95. The quantitative estimate of drug-likeness (QED) is 0.647. The third-order valence-electron chi connectivity index (χ3n) is 2.95. The molecule has 0 aliphatic carbocycles. The van der Waals surface area contributed by atoms with Crippen molar-refractivity contribution in [1.29, 1.82) is 0 Å². The molecule has 106 valence electrons. The second kappa shape index (κ2) is 6.21. The van der Waals surface area contributed by atoms with E-state index in [0.717, 1.165) is 18.6 Å². The lowest BCUT2D eigenvalue weighted by atomic mass is 10.1. The summed E-state index contributed by atoms with van der Waals surface area (Å²) in [6, 6.07) is 8.15. The monoisotopic (exact) mass is 276 g/mol. The minimum Gasteiger partial charge on any atom is -0.496 e. The molecule has 2 rings (SSSR count). The van der Waals surface area contributed by atoms with E-state index in [4.69, 9.17) is 14.9 Å². The Morgan fingerprint density at radius 3 is 2.80 bits per heavy atom. The zero-order valence-electron chi connectivity index (χ0n) is 11.2. The molecule has 0 bridgehead atoms. The van der Waals surface area contributed by atoms with Gasteiger partial charge in [0, 0.05) is 12.5 Å². The smallest absolute Gasteiger partial charge is 0.273 e. The number of non-ortho nitro benzene ring substituents is 1. The maximum absolute atomic E-state index is 10.8. The largest absolute Gasteiger partial charge is 0.496 e. The lowest BCUT2D eigenvalue weighted by Gasteiger charge is -2.05. The molecule has 0 saturated carbocycles. The minimum absolute atomic E-state index is 0.0134. The number of benzene rings is 1. The van der Waals surface area contributed by atoms with E-state index in [2.05, 4.69) is 0 Å². The van der Waals surface area contributed by atoms with Crippen LogP contribution in [0.1, 0.15) is 12.2 Å². The van der Waals surface area contributed by atoms with Gasteiger partial charge in [-0.15, -0.1) is 0 Å². The molecule has 0 atom stereocenters. The van der Waals surface area contributed by atoms with Gasteiger partial charge in [-0.05, 0) is 31.2 Å². The van der Waals surface area contributed by atoms with Crippen molar-refractivity contribution in [1.82, 2.24) is 0 Å². The Balaban J connectivity index is 2.32. The van der Waals surface area contributed by atoms with Gasteiger partial charge in [-0.25, -0.2) is 0 Å². The summed E-state index contributed by atoms with van der Waals surface area (Å²) in [5.41, 5.74) is 6.14. The second-order valence-corrected chi connectivity index (χ2v) is 4.30. The lowest BCUT2D eigenvalue weighted by molar-refractivity contribution is -0.384. The Kier molecular flexibility index (Phi) is 4.37. The Morgan fingerprint density at radius 1 is 1.35 bits per heavy atom. The van der Waals surface area contributed by atoms with Crippen molar-refractivity contribution in [2.45, 2.75) is 12.8 Å². The average Bonchev–Trinajstić information content (AvgIpc) is 2.92. The first-order chi connectivity index (χ1) is 9.65. The van der Waals surface area contributed by atoms with Crippen LogP contribution in [0.25, 0.3) is 11.3 Å². The average molecular weight is 276 g/mol. The molecule has 0 aliphatic heterocycles. The number of nitrogens with two attached hydrogens (primary N) is 1. The second-order valence-electron chi connectivity index (χ2n) is 4.30. The number of nitro benzene ring substituents is 1. The predicted molar refractivity (Wildman–Crippen MR) is 74.7 cm³/mol. The van der Waals surface area contributed by atoms with Crippen molar-refractivity contribution in [2.75, 3.05) is 13.7 Å². The van der Waals surface area contributed by atoms with Crippen LogP contribution < -0.4 is 10.5 Å². The molecule has 1 aromatic heterocycles. The fourth-order valence-corrected chi connectivity index (χ4v) is 1.93. The number of rotatable bonds is 6. The van der Waals surface area contributed by atoms with Gasteiger partial charge in [-0.3, -0.25) is 10.1 Å². The molecule has 0 aliphatic rings. The van der Waals surface area contributed by atoms with E-state index >= 15 is 0 Å². The van der Waals surface area contributed by atoms with Crippen LogP contribution in [0, 0.1) is 10.1 Å². The maximum Gasteiger partial charge on any atom is 0.273 e. The summed E-state index contributed by atoms with van der Waals surface area (Å²) in [5.74, 6) is 1.88. The maximum atomic E-state index is 10.8. The Bertz CT molecular complexity index is 607. The molecule has 20 heavy (non-hydrogen) atoms. The van der Waals surface area contributed by atoms with Crippen molar-refractivity contribution in [2.24, 2.45) is 5.73 Å². The summed E-state index contributed by atoms with van der Waals surface area (Å²) in [6.45, 7) is 0.608. The molecule has 2 aromatic rings. The van der Waals surface area contributed by atoms with Gasteiger partial charge in [0.15, 0.2) is 0 Å². The van der Waals surface area contributed by atoms with E-state index in [1.54, 1.807) is 6.07 Å². The van der Waals surface area contributed by atoms with Crippen LogP contribution in [-0.2, 0) is 6.42 Å². The number of hydrogen-bond donors (Lipinski definition) is 1. The first kappa shape index (κ1) is 14.1.